The quantitative estimate of drug-likeness (QED) is 0.668. The van der Waals surface area contributed by atoms with Crippen LogP contribution in [0.2, 0.25) is 0 Å². The summed E-state index contributed by atoms with van der Waals surface area (Å²) >= 11 is 0. The highest BCUT2D eigenvalue weighted by atomic mass is 16.5. The van der Waals surface area contributed by atoms with Gasteiger partial charge in [0.1, 0.15) is 5.75 Å². The molecular weight excluding hydrogens is 256 g/mol. The fourth-order valence-electron chi connectivity index (χ4n) is 1.67. The van der Waals surface area contributed by atoms with Gasteiger partial charge in [-0.2, -0.15) is 0 Å². The van der Waals surface area contributed by atoms with Gasteiger partial charge in [0.15, 0.2) is 0 Å². The molecule has 0 spiro atoms. The minimum atomic E-state index is -0.209. The van der Waals surface area contributed by atoms with E-state index in [4.69, 9.17) is 15.2 Å². The second kappa shape index (κ2) is 9.34. The molecule has 0 saturated heterocycles. The molecule has 0 aliphatic carbocycles. The molecule has 0 heterocycles. The summed E-state index contributed by atoms with van der Waals surface area (Å²) in [6.07, 6.45) is 0.852. The Morgan fingerprint density at radius 1 is 1.35 bits per heavy atom. The van der Waals surface area contributed by atoms with Crippen LogP contribution in [0.3, 0.4) is 0 Å². The Morgan fingerprint density at radius 3 is 2.65 bits per heavy atom. The zero-order valence-corrected chi connectivity index (χ0v) is 12.2. The van der Waals surface area contributed by atoms with Crippen molar-refractivity contribution in [2.24, 2.45) is 5.73 Å². The fourth-order valence-corrected chi connectivity index (χ4v) is 1.67. The molecule has 0 bridgehead atoms. The molecule has 112 valence electrons. The Balaban J connectivity index is 2.09. The third-order valence-electron chi connectivity index (χ3n) is 2.94. The van der Waals surface area contributed by atoms with Gasteiger partial charge in [0, 0.05) is 20.2 Å². The van der Waals surface area contributed by atoms with Crippen molar-refractivity contribution < 1.29 is 14.3 Å². The van der Waals surface area contributed by atoms with Gasteiger partial charge < -0.3 is 20.5 Å². The third kappa shape index (κ3) is 6.54. The van der Waals surface area contributed by atoms with E-state index in [9.17, 15) is 4.79 Å². The van der Waals surface area contributed by atoms with Gasteiger partial charge >= 0.3 is 0 Å². The van der Waals surface area contributed by atoms with Crippen molar-refractivity contribution in [3.8, 4) is 5.75 Å². The summed E-state index contributed by atoms with van der Waals surface area (Å²) in [6.45, 7) is 3.55. The van der Waals surface area contributed by atoms with Crippen LogP contribution in [0.15, 0.2) is 24.3 Å². The molecular formula is C15H24N2O3. The first-order valence-corrected chi connectivity index (χ1v) is 6.84. The van der Waals surface area contributed by atoms with E-state index in [0.29, 0.717) is 26.1 Å². The molecule has 5 nitrogen and oxygen atoms in total. The average molecular weight is 280 g/mol. The summed E-state index contributed by atoms with van der Waals surface area (Å²) in [4.78, 5) is 11.6. The Kier molecular flexibility index (Phi) is 7.69. The van der Waals surface area contributed by atoms with Crippen molar-refractivity contribution in [1.82, 2.24) is 5.32 Å². The van der Waals surface area contributed by atoms with Crippen molar-refractivity contribution in [3.05, 3.63) is 29.8 Å². The van der Waals surface area contributed by atoms with E-state index >= 15 is 0 Å². The molecule has 0 radical (unpaired) electrons. The van der Waals surface area contributed by atoms with Crippen LogP contribution >= 0.6 is 0 Å². The topological polar surface area (TPSA) is 73.6 Å². The largest absolute Gasteiger partial charge is 0.494 e. The number of aryl methyl sites for hydroxylation is 1. The fraction of sp³-hybridized carbons (Fsp3) is 0.533. The zero-order chi connectivity index (χ0) is 14.8. The van der Waals surface area contributed by atoms with Crippen LogP contribution in [0.25, 0.3) is 0 Å². The van der Waals surface area contributed by atoms with Crippen LogP contribution in [0.1, 0.15) is 18.4 Å². The molecule has 1 aromatic carbocycles. The molecule has 3 N–H and O–H groups in total. The van der Waals surface area contributed by atoms with E-state index in [1.54, 1.807) is 7.11 Å². The highest BCUT2D eigenvalue weighted by Crippen LogP contribution is 2.11. The molecule has 20 heavy (non-hydrogen) atoms. The monoisotopic (exact) mass is 280 g/mol. The number of methoxy groups -OCH3 is 1. The number of hydrogen-bond acceptors (Lipinski definition) is 4. The lowest BCUT2D eigenvalue weighted by atomic mass is 10.2. The highest BCUT2D eigenvalue weighted by molar-refractivity contribution is 5.76. The molecule has 1 amide bonds. The number of nitrogens with two attached hydrogens (primary N) is 1. The first kappa shape index (κ1) is 16.5. The molecule has 1 aromatic rings. The van der Waals surface area contributed by atoms with Crippen molar-refractivity contribution >= 4 is 5.91 Å². The van der Waals surface area contributed by atoms with Gasteiger partial charge in [-0.15, -0.1) is 0 Å². The lowest BCUT2D eigenvalue weighted by molar-refractivity contribution is -0.123. The van der Waals surface area contributed by atoms with E-state index in [2.05, 4.69) is 5.32 Å². The molecule has 5 heteroatoms. The smallest absolute Gasteiger partial charge is 0.222 e. The molecule has 0 aromatic heterocycles. The summed E-state index contributed by atoms with van der Waals surface area (Å²) in [7, 11) is 1.56. The summed E-state index contributed by atoms with van der Waals surface area (Å²) in [5.41, 5.74) is 6.66. The number of amides is 1. The standard InChI is InChI=1S/C15H24N2O3/c1-12-4-6-13(7-5-12)20-9-3-8-17-15(18)10-14(11-16)19-2/h4-7,14H,3,8-11,16H2,1-2H3,(H,17,18). The number of carbonyl (C=O) groups excluding carboxylic acids is 1. The van der Waals surface area contributed by atoms with Gasteiger partial charge in [-0.05, 0) is 25.5 Å². The lowest BCUT2D eigenvalue weighted by Gasteiger charge is -2.12. The third-order valence-corrected chi connectivity index (χ3v) is 2.94. The predicted molar refractivity (Wildman–Crippen MR) is 78.8 cm³/mol. The molecule has 0 saturated carbocycles. The molecule has 1 rings (SSSR count). The van der Waals surface area contributed by atoms with Crippen LogP contribution in [0.4, 0.5) is 0 Å². The average Bonchev–Trinajstić information content (AvgIpc) is 2.46. The van der Waals surface area contributed by atoms with E-state index in [1.165, 1.54) is 5.56 Å². The molecule has 1 atom stereocenters. The Morgan fingerprint density at radius 2 is 2.05 bits per heavy atom. The zero-order valence-electron chi connectivity index (χ0n) is 12.2. The number of carbonyl (C=O) groups is 1. The van der Waals surface area contributed by atoms with Gasteiger partial charge in [-0.25, -0.2) is 0 Å². The van der Waals surface area contributed by atoms with Crippen molar-refractivity contribution in [2.45, 2.75) is 25.9 Å². The Labute approximate surface area is 120 Å². The Bertz CT molecular complexity index is 389. The Hall–Kier alpha value is -1.59. The molecule has 1 unspecified atom stereocenters. The van der Waals surface area contributed by atoms with Crippen LogP contribution in [0.5, 0.6) is 5.75 Å². The molecule has 0 aliphatic heterocycles. The number of rotatable bonds is 9. The maximum atomic E-state index is 11.6. The maximum Gasteiger partial charge on any atom is 0.222 e. The van der Waals surface area contributed by atoms with Crippen molar-refractivity contribution in [3.63, 3.8) is 0 Å². The summed E-state index contributed by atoms with van der Waals surface area (Å²) in [5.74, 6) is 0.808. The van der Waals surface area contributed by atoms with Gasteiger partial charge in [0.05, 0.1) is 19.1 Å². The van der Waals surface area contributed by atoms with Crippen LogP contribution < -0.4 is 15.8 Å². The SMILES string of the molecule is COC(CN)CC(=O)NCCCOc1ccc(C)cc1. The van der Waals surface area contributed by atoms with Crippen molar-refractivity contribution in [2.75, 3.05) is 26.8 Å². The second-order valence-electron chi connectivity index (χ2n) is 4.66. The van der Waals surface area contributed by atoms with E-state index in [0.717, 1.165) is 12.2 Å². The van der Waals surface area contributed by atoms with E-state index < -0.39 is 0 Å². The first-order chi connectivity index (χ1) is 9.65. The normalized spacial score (nSPS) is 11.9. The number of ether oxygens (including phenoxy) is 2. The van der Waals surface area contributed by atoms with Gasteiger partial charge in [0.2, 0.25) is 5.91 Å². The lowest BCUT2D eigenvalue weighted by Crippen LogP contribution is -2.33. The summed E-state index contributed by atoms with van der Waals surface area (Å²) < 4.78 is 10.6. The highest BCUT2D eigenvalue weighted by Gasteiger charge is 2.10. The molecule has 0 fully saturated rings. The minimum absolute atomic E-state index is 0.0439. The number of benzene rings is 1. The maximum absolute atomic E-state index is 11.6. The molecule has 0 aliphatic rings. The second-order valence-corrected chi connectivity index (χ2v) is 4.66. The number of nitrogens with one attached hydrogen (secondary N) is 1. The van der Waals surface area contributed by atoms with Gasteiger partial charge in [0.25, 0.3) is 0 Å². The first-order valence-electron chi connectivity index (χ1n) is 6.84. The van der Waals surface area contributed by atoms with Gasteiger partial charge in [-0.3, -0.25) is 4.79 Å². The minimum Gasteiger partial charge on any atom is -0.494 e. The van der Waals surface area contributed by atoms with Gasteiger partial charge in [-0.1, -0.05) is 17.7 Å². The van der Waals surface area contributed by atoms with E-state index in [1.807, 2.05) is 31.2 Å². The predicted octanol–water partition coefficient (Wildman–Crippen LogP) is 1.24. The summed E-state index contributed by atoms with van der Waals surface area (Å²) in [6, 6.07) is 7.90. The summed E-state index contributed by atoms with van der Waals surface area (Å²) in [5, 5.41) is 2.82. The van der Waals surface area contributed by atoms with E-state index in [-0.39, 0.29) is 12.0 Å². The van der Waals surface area contributed by atoms with Crippen LogP contribution in [-0.4, -0.2) is 38.8 Å². The number of hydrogen-bond donors (Lipinski definition) is 2. The van der Waals surface area contributed by atoms with Crippen LogP contribution in [-0.2, 0) is 9.53 Å². The van der Waals surface area contributed by atoms with Crippen LogP contribution in [0, 0.1) is 6.92 Å². The van der Waals surface area contributed by atoms with Crippen molar-refractivity contribution in [1.29, 1.82) is 0 Å².